The number of pyridine rings is 1. The fourth-order valence-electron chi connectivity index (χ4n) is 1.33. The Hall–Kier alpha value is -0.940. The van der Waals surface area contributed by atoms with Crippen molar-refractivity contribution in [2.75, 3.05) is 5.32 Å². The average Bonchev–Trinajstić information content (AvgIpc) is 2.30. The van der Waals surface area contributed by atoms with E-state index >= 15 is 0 Å². The van der Waals surface area contributed by atoms with Crippen molar-refractivity contribution in [3.05, 3.63) is 57.0 Å². The molecular weight excluding hydrogens is 351 g/mol. The molecule has 1 aromatic heterocycles. The lowest BCUT2D eigenvalue weighted by Gasteiger charge is -2.07. The highest BCUT2D eigenvalue weighted by molar-refractivity contribution is 9.10. The van der Waals surface area contributed by atoms with E-state index < -0.39 is 0 Å². The van der Waals surface area contributed by atoms with Gasteiger partial charge in [0.25, 0.3) is 0 Å². The van der Waals surface area contributed by atoms with Crippen LogP contribution in [0, 0.1) is 5.82 Å². The van der Waals surface area contributed by atoms with Crippen molar-refractivity contribution < 1.29 is 4.39 Å². The normalized spacial score (nSPS) is 10.3. The molecule has 1 aromatic carbocycles. The third-order valence-corrected chi connectivity index (χ3v) is 3.14. The molecule has 5 heteroatoms. The van der Waals surface area contributed by atoms with E-state index in [1.807, 2.05) is 12.1 Å². The van der Waals surface area contributed by atoms with Gasteiger partial charge in [-0.25, -0.2) is 4.39 Å². The first-order valence-corrected chi connectivity index (χ1v) is 6.53. The molecule has 0 radical (unpaired) electrons. The Morgan fingerprint density at radius 1 is 1.12 bits per heavy atom. The van der Waals surface area contributed by atoms with E-state index in [4.69, 9.17) is 0 Å². The molecule has 0 aliphatic heterocycles. The summed E-state index contributed by atoms with van der Waals surface area (Å²) >= 11 is 6.53. The second kappa shape index (κ2) is 5.60. The number of hydrogen-bond acceptors (Lipinski definition) is 2. The summed E-state index contributed by atoms with van der Waals surface area (Å²) in [5.74, 6) is -0.281. The molecule has 0 atom stereocenters. The maximum Gasteiger partial charge on any atom is 0.147 e. The predicted octanol–water partition coefficient (Wildman–Crippen LogP) is 4.36. The molecule has 2 aromatic rings. The SMILES string of the molecule is Fc1cc(Br)ccc1NCc1ccc(Br)cn1. The number of nitrogens with one attached hydrogen (secondary N) is 1. The highest BCUT2D eigenvalue weighted by Gasteiger charge is 2.02. The molecule has 0 bridgehead atoms. The van der Waals surface area contributed by atoms with Gasteiger partial charge in [0.1, 0.15) is 5.82 Å². The van der Waals surface area contributed by atoms with E-state index in [1.54, 1.807) is 18.3 Å². The van der Waals surface area contributed by atoms with Crippen molar-refractivity contribution in [3.63, 3.8) is 0 Å². The van der Waals surface area contributed by atoms with Crippen molar-refractivity contribution in [2.45, 2.75) is 6.54 Å². The summed E-state index contributed by atoms with van der Waals surface area (Å²) in [6, 6.07) is 8.70. The molecule has 0 spiro atoms. The van der Waals surface area contributed by atoms with E-state index in [0.717, 1.165) is 14.6 Å². The molecule has 0 saturated carbocycles. The Balaban J connectivity index is 2.04. The molecule has 0 amide bonds. The van der Waals surface area contributed by atoms with Crippen LogP contribution in [0.25, 0.3) is 0 Å². The Morgan fingerprint density at radius 3 is 2.53 bits per heavy atom. The topological polar surface area (TPSA) is 24.9 Å². The molecule has 0 saturated heterocycles. The number of nitrogens with zero attached hydrogens (tertiary/aromatic N) is 1. The van der Waals surface area contributed by atoms with Gasteiger partial charge >= 0.3 is 0 Å². The smallest absolute Gasteiger partial charge is 0.147 e. The number of hydrogen-bond donors (Lipinski definition) is 1. The van der Waals surface area contributed by atoms with Gasteiger partial charge in [-0.15, -0.1) is 0 Å². The lowest BCUT2D eigenvalue weighted by atomic mass is 10.3. The van der Waals surface area contributed by atoms with E-state index in [1.165, 1.54) is 6.07 Å². The minimum absolute atomic E-state index is 0.281. The van der Waals surface area contributed by atoms with Crippen LogP contribution in [0.4, 0.5) is 10.1 Å². The Morgan fingerprint density at radius 2 is 1.88 bits per heavy atom. The van der Waals surface area contributed by atoms with Gasteiger partial charge in [0.2, 0.25) is 0 Å². The van der Waals surface area contributed by atoms with Crippen LogP contribution >= 0.6 is 31.9 Å². The van der Waals surface area contributed by atoms with Crippen molar-refractivity contribution >= 4 is 37.5 Å². The molecule has 2 nitrogen and oxygen atoms in total. The monoisotopic (exact) mass is 358 g/mol. The zero-order valence-corrected chi connectivity index (χ0v) is 11.9. The maximum atomic E-state index is 13.5. The van der Waals surface area contributed by atoms with Crippen LogP contribution in [0.3, 0.4) is 0 Å². The maximum absolute atomic E-state index is 13.5. The number of anilines is 1. The summed E-state index contributed by atoms with van der Waals surface area (Å²) < 4.78 is 15.1. The van der Waals surface area contributed by atoms with Crippen LogP contribution in [-0.4, -0.2) is 4.98 Å². The third kappa shape index (κ3) is 3.51. The molecule has 0 unspecified atom stereocenters. The summed E-state index contributed by atoms with van der Waals surface area (Å²) in [6.07, 6.45) is 1.72. The quantitative estimate of drug-likeness (QED) is 0.880. The van der Waals surface area contributed by atoms with Crippen LogP contribution in [-0.2, 0) is 6.54 Å². The lowest BCUT2D eigenvalue weighted by Crippen LogP contribution is -2.02. The molecular formula is C12H9Br2FN2. The highest BCUT2D eigenvalue weighted by atomic mass is 79.9. The highest BCUT2D eigenvalue weighted by Crippen LogP contribution is 2.19. The Bertz CT molecular complexity index is 514. The summed E-state index contributed by atoms with van der Waals surface area (Å²) in [6.45, 7) is 0.492. The number of rotatable bonds is 3. The predicted molar refractivity (Wildman–Crippen MR) is 73.4 cm³/mol. The molecule has 17 heavy (non-hydrogen) atoms. The fourth-order valence-corrected chi connectivity index (χ4v) is 1.90. The van der Waals surface area contributed by atoms with Gasteiger partial charge in [-0.1, -0.05) is 15.9 Å². The van der Waals surface area contributed by atoms with Gasteiger partial charge in [0.15, 0.2) is 0 Å². The first-order valence-electron chi connectivity index (χ1n) is 4.94. The number of benzene rings is 1. The number of aromatic nitrogens is 1. The minimum atomic E-state index is -0.281. The first-order chi connectivity index (χ1) is 8.15. The molecule has 2 rings (SSSR count). The molecule has 0 aliphatic rings. The van der Waals surface area contributed by atoms with Crippen LogP contribution < -0.4 is 5.32 Å². The Labute approximate surface area is 116 Å². The molecule has 1 heterocycles. The summed E-state index contributed by atoms with van der Waals surface area (Å²) in [5.41, 5.74) is 1.33. The van der Waals surface area contributed by atoms with Crippen molar-refractivity contribution in [2.24, 2.45) is 0 Å². The van der Waals surface area contributed by atoms with Gasteiger partial charge < -0.3 is 5.32 Å². The standard InChI is InChI=1S/C12H9Br2FN2/c13-8-2-4-12(11(15)5-8)17-7-10-3-1-9(14)6-16-10/h1-6,17H,7H2. The molecule has 88 valence electrons. The van der Waals surface area contributed by atoms with E-state index in [-0.39, 0.29) is 5.82 Å². The van der Waals surface area contributed by atoms with Crippen molar-refractivity contribution in [1.82, 2.24) is 4.98 Å². The Kier molecular flexibility index (Phi) is 4.12. The average molecular weight is 360 g/mol. The minimum Gasteiger partial charge on any atom is -0.377 e. The van der Waals surface area contributed by atoms with E-state index in [2.05, 4.69) is 42.2 Å². The lowest BCUT2D eigenvalue weighted by molar-refractivity contribution is 0.629. The van der Waals surface area contributed by atoms with Crippen LogP contribution in [0.1, 0.15) is 5.69 Å². The molecule has 0 fully saturated rings. The van der Waals surface area contributed by atoms with Crippen LogP contribution in [0.15, 0.2) is 45.5 Å². The van der Waals surface area contributed by atoms with E-state index in [9.17, 15) is 4.39 Å². The largest absolute Gasteiger partial charge is 0.377 e. The number of halogens is 3. The van der Waals surface area contributed by atoms with Crippen molar-refractivity contribution in [1.29, 1.82) is 0 Å². The zero-order valence-electron chi connectivity index (χ0n) is 8.75. The zero-order chi connectivity index (χ0) is 12.3. The fraction of sp³-hybridized carbons (Fsp3) is 0.0833. The summed E-state index contributed by atoms with van der Waals surface area (Å²) in [4.78, 5) is 4.20. The van der Waals surface area contributed by atoms with Gasteiger partial charge in [0.05, 0.1) is 17.9 Å². The first kappa shape index (κ1) is 12.5. The van der Waals surface area contributed by atoms with Crippen LogP contribution in [0.2, 0.25) is 0 Å². The summed E-state index contributed by atoms with van der Waals surface area (Å²) in [7, 11) is 0. The van der Waals surface area contributed by atoms with Crippen molar-refractivity contribution in [3.8, 4) is 0 Å². The third-order valence-electron chi connectivity index (χ3n) is 2.18. The van der Waals surface area contributed by atoms with Crippen LogP contribution in [0.5, 0.6) is 0 Å². The van der Waals surface area contributed by atoms with Gasteiger partial charge in [-0.2, -0.15) is 0 Å². The van der Waals surface area contributed by atoms with Gasteiger partial charge in [0, 0.05) is 15.1 Å². The second-order valence-corrected chi connectivity index (χ2v) is 5.28. The molecule has 1 N–H and O–H groups in total. The van der Waals surface area contributed by atoms with Gasteiger partial charge in [-0.05, 0) is 46.3 Å². The summed E-state index contributed by atoms with van der Waals surface area (Å²) in [5, 5.41) is 3.00. The molecule has 0 aliphatic carbocycles. The van der Waals surface area contributed by atoms with E-state index in [0.29, 0.717) is 12.2 Å². The second-order valence-electron chi connectivity index (χ2n) is 3.45. The van der Waals surface area contributed by atoms with Gasteiger partial charge in [-0.3, -0.25) is 4.98 Å².